The van der Waals surface area contributed by atoms with E-state index in [-0.39, 0.29) is 5.91 Å². The first-order valence-electron chi connectivity index (χ1n) is 7.30. The summed E-state index contributed by atoms with van der Waals surface area (Å²) in [5, 5.41) is 7.14. The van der Waals surface area contributed by atoms with Gasteiger partial charge in [0.1, 0.15) is 11.6 Å². The number of hydrogen-bond acceptors (Lipinski definition) is 4. The molecular formula is C14H20N6O. The highest BCUT2D eigenvalue weighted by molar-refractivity contribution is 5.91. The van der Waals surface area contributed by atoms with Crippen molar-refractivity contribution in [1.29, 1.82) is 0 Å². The Balaban J connectivity index is 1.56. The van der Waals surface area contributed by atoms with Crippen molar-refractivity contribution in [1.82, 2.24) is 24.2 Å². The zero-order valence-corrected chi connectivity index (χ0v) is 12.2. The van der Waals surface area contributed by atoms with E-state index in [0.717, 1.165) is 37.7 Å². The van der Waals surface area contributed by atoms with Crippen molar-refractivity contribution in [2.24, 2.45) is 0 Å². The van der Waals surface area contributed by atoms with Crippen LogP contribution in [-0.2, 0) is 24.4 Å². The molecule has 3 rings (SSSR count). The van der Waals surface area contributed by atoms with E-state index in [1.54, 1.807) is 6.20 Å². The van der Waals surface area contributed by atoms with E-state index >= 15 is 0 Å². The summed E-state index contributed by atoms with van der Waals surface area (Å²) in [6.45, 7) is 5.74. The van der Waals surface area contributed by atoms with Crippen LogP contribution >= 0.6 is 0 Å². The molecule has 0 spiro atoms. The Morgan fingerprint density at radius 1 is 1.38 bits per heavy atom. The second kappa shape index (κ2) is 6.09. The maximum atomic E-state index is 12.2. The van der Waals surface area contributed by atoms with Crippen LogP contribution in [0.1, 0.15) is 19.2 Å². The number of nitrogens with zero attached hydrogens (tertiary/aromatic N) is 5. The molecule has 0 bridgehead atoms. The second-order valence-electron chi connectivity index (χ2n) is 5.24. The molecule has 1 aliphatic heterocycles. The van der Waals surface area contributed by atoms with Gasteiger partial charge < -0.3 is 9.88 Å². The molecular weight excluding hydrogens is 268 g/mol. The Hall–Kier alpha value is -2.15. The summed E-state index contributed by atoms with van der Waals surface area (Å²) in [5.74, 6) is 1.78. The Morgan fingerprint density at radius 2 is 2.29 bits per heavy atom. The van der Waals surface area contributed by atoms with Gasteiger partial charge in [-0.05, 0) is 6.42 Å². The van der Waals surface area contributed by atoms with Crippen molar-refractivity contribution in [2.45, 2.75) is 33.0 Å². The molecule has 0 radical (unpaired) electrons. The predicted octanol–water partition coefficient (Wildman–Crippen LogP) is 0.944. The largest absolute Gasteiger partial charge is 0.333 e. The molecule has 112 valence electrons. The number of nitrogens with one attached hydrogen (secondary N) is 1. The van der Waals surface area contributed by atoms with Gasteiger partial charge in [0.15, 0.2) is 0 Å². The lowest BCUT2D eigenvalue weighted by Gasteiger charge is -2.26. The Bertz CT molecular complexity index is 617. The summed E-state index contributed by atoms with van der Waals surface area (Å²) in [6, 6.07) is 1.83. The summed E-state index contributed by atoms with van der Waals surface area (Å²) >= 11 is 0. The molecule has 3 heterocycles. The molecule has 21 heavy (non-hydrogen) atoms. The number of amides is 1. The second-order valence-corrected chi connectivity index (χ2v) is 5.24. The van der Waals surface area contributed by atoms with E-state index in [2.05, 4.69) is 31.8 Å². The van der Waals surface area contributed by atoms with Gasteiger partial charge in [0.05, 0.1) is 19.3 Å². The lowest BCUT2D eigenvalue weighted by atomic mass is 10.3. The van der Waals surface area contributed by atoms with Gasteiger partial charge in [0.25, 0.3) is 0 Å². The fraction of sp³-hybridized carbons (Fsp3) is 0.500. The summed E-state index contributed by atoms with van der Waals surface area (Å²) in [4.78, 5) is 18.6. The molecule has 1 N–H and O–H groups in total. The minimum absolute atomic E-state index is 0.00661. The molecule has 7 nitrogen and oxygen atoms in total. The molecule has 0 unspecified atom stereocenters. The number of carbonyl (C=O) groups is 1. The van der Waals surface area contributed by atoms with Gasteiger partial charge in [-0.2, -0.15) is 5.10 Å². The Morgan fingerprint density at radius 3 is 3.14 bits per heavy atom. The Kier molecular flexibility index (Phi) is 4.01. The summed E-state index contributed by atoms with van der Waals surface area (Å²) in [7, 11) is 0. The standard InChI is InChI=1S/C14H20N6O/c1-2-6-20-12(3-4-16-20)17-14(21)11-18-8-9-19-7-5-15-13(19)10-18/h3-5,7H,2,6,8-11H2,1H3,(H,17,21). The fourth-order valence-electron chi connectivity index (χ4n) is 2.57. The van der Waals surface area contributed by atoms with Crippen molar-refractivity contribution in [3.63, 3.8) is 0 Å². The zero-order valence-electron chi connectivity index (χ0n) is 12.2. The molecule has 0 fully saturated rings. The number of anilines is 1. The molecule has 1 amide bonds. The van der Waals surface area contributed by atoms with Crippen molar-refractivity contribution < 1.29 is 4.79 Å². The summed E-state index contributed by atoms with van der Waals surface area (Å²) < 4.78 is 3.95. The third-order valence-electron chi connectivity index (χ3n) is 3.61. The first kappa shape index (κ1) is 13.8. The predicted molar refractivity (Wildman–Crippen MR) is 78.7 cm³/mol. The van der Waals surface area contributed by atoms with Crippen LogP contribution in [0.5, 0.6) is 0 Å². The topological polar surface area (TPSA) is 68.0 Å². The molecule has 1 aliphatic rings. The zero-order chi connectivity index (χ0) is 14.7. The first-order chi connectivity index (χ1) is 10.3. The van der Waals surface area contributed by atoms with Gasteiger partial charge in [0, 0.05) is 38.1 Å². The average molecular weight is 288 g/mol. The van der Waals surface area contributed by atoms with E-state index in [1.807, 2.05) is 23.1 Å². The molecule has 0 saturated carbocycles. The van der Waals surface area contributed by atoms with E-state index in [4.69, 9.17) is 0 Å². The molecule has 7 heteroatoms. The fourth-order valence-corrected chi connectivity index (χ4v) is 2.57. The number of fused-ring (bicyclic) bond motifs is 1. The van der Waals surface area contributed by atoms with E-state index in [1.165, 1.54) is 0 Å². The molecule has 0 aromatic carbocycles. The lowest BCUT2D eigenvalue weighted by Crippen LogP contribution is -2.39. The van der Waals surface area contributed by atoms with Crippen LogP contribution in [0.3, 0.4) is 0 Å². The number of carbonyl (C=O) groups excluding carboxylic acids is 1. The van der Waals surface area contributed by atoms with E-state index in [9.17, 15) is 4.79 Å². The van der Waals surface area contributed by atoms with Crippen LogP contribution in [0.15, 0.2) is 24.7 Å². The van der Waals surface area contributed by atoms with Crippen molar-refractivity contribution in [3.8, 4) is 0 Å². The van der Waals surface area contributed by atoms with Gasteiger partial charge >= 0.3 is 0 Å². The minimum Gasteiger partial charge on any atom is -0.333 e. The van der Waals surface area contributed by atoms with Crippen LogP contribution in [0, 0.1) is 0 Å². The molecule has 0 aliphatic carbocycles. The van der Waals surface area contributed by atoms with Gasteiger partial charge in [0.2, 0.25) is 5.91 Å². The molecule has 0 atom stereocenters. The first-order valence-corrected chi connectivity index (χ1v) is 7.30. The van der Waals surface area contributed by atoms with Gasteiger partial charge in [-0.25, -0.2) is 9.67 Å². The third kappa shape index (κ3) is 3.13. The summed E-state index contributed by atoms with van der Waals surface area (Å²) in [6.07, 6.45) is 6.49. The van der Waals surface area contributed by atoms with Crippen LogP contribution in [0.4, 0.5) is 5.82 Å². The van der Waals surface area contributed by atoms with Crippen LogP contribution < -0.4 is 5.32 Å². The third-order valence-corrected chi connectivity index (χ3v) is 3.61. The smallest absolute Gasteiger partial charge is 0.239 e. The maximum absolute atomic E-state index is 12.2. The highest BCUT2D eigenvalue weighted by atomic mass is 16.2. The van der Waals surface area contributed by atoms with Gasteiger partial charge in [-0.15, -0.1) is 0 Å². The van der Waals surface area contributed by atoms with Crippen LogP contribution in [-0.4, -0.2) is 43.2 Å². The van der Waals surface area contributed by atoms with Gasteiger partial charge in [-0.3, -0.25) is 9.69 Å². The number of imidazole rings is 1. The average Bonchev–Trinajstić information content (AvgIpc) is 3.08. The van der Waals surface area contributed by atoms with Crippen molar-refractivity contribution >= 4 is 11.7 Å². The molecule has 2 aromatic rings. The number of aryl methyl sites for hydroxylation is 1. The van der Waals surface area contributed by atoms with Crippen molar-refractivity contribution in [3.05, 3.63) is 30.5 Å². The van der Waals surface area contributed by atoms with E-state index < -0.39 is 0 Å². The number of aromatic nitrogens is 4. The molecule has 2 aromatic heterocycles. The number of rotatable bonds is 5. The minimum atomic E-state index is -0.00661. The summed E-state index contributed by atoms with van der Waals surface area (Å²) in [5.41, 5.74) is 0. The highest BCUT2D eigenvalue weighted by Gasteiger charge is 2.19. The van der Waals surface area contributed by atoms with Crippen LogP contribution in [0.25, 0.3) is 0 Å². The number of hydrogen-bond donors (Lipinski definition) is 1. The highest BCUT2D eigenvalue weighted by Crippen LogP contribution is 2.11. The Labute approximate surface area is 123 Å². The normalized spacial score (nSPS) is 14.9. The quantitative estimate of drug-likeness (QED) is 0.889. The monoisotopic (exact) mass is 288 g/mol. The van der Waals surface area contributed by atoms with Crippen LogP contribution in [0.2, 0.25) is 0 Å². The van der Waals surface area contributed by atoms with E-state index in [0.29, 0.717) is 13.1 Å². The van der Waals surface area contributed by atoms with Gasteiger partial charge in [-0.1, -0.05) is 6.92 Å². The maximum Gasteiger partial charge on any atom is 0.239 e. The lowest BCUT2D eigenvalue weighted by molar-refractivity contribution is -0.117. The van der Waals surface area contributed by atoms with Crippen molar-refractivity contribution in [2.75, 3.05) is 18.4 Å². The SMILES string of the molecule is CCCn1nccc1NC(=O)CN1CCn2ccnc2C1. The molecule has 0 saturated heterocycles.